The zero-order chi connectivity index (χ0) is 15.2. The van der Waals surface area contributed by atoms with Crippen molar-refractivity contribution in [1.29, 1.82) is 0 Å². The van der Waals surface area contributed by atoms with E-state index in [-0.39, 0.29) is 6.10 Å². The summed E-state index contributed by atoms with van der Waals surface area (Å²) in [4.78, 5) is 2.49. The van der Waals surface area contributed by atoms with Crippen molar-refractivity contribution in [3.63, 3.8) is 0 Å². The Morgan fingerprint density at radius 1 is 1.38 bits per heavy atom. The summed E-state index contributed by atoms with van der Waals surface area (Å²) in [6.07, 6.45) is 1.90. The van der Waals surface area contributed by atoms with Crippen LogP contribution in [0.1, 0.15) is 38.3 Å². The van der Waals surface area contributed by atoms with E-state index >= 15 is 0 Å². The molecule has 0 aromatic heterocycles. The van der Waals surface area contributed by atoms with Crippen LogP contribution in [-0.4, -0.2) is 42.3 Å². The third-order valence-corrected chi connectivity index (χ3v) is 4.93. The number of likely N-dealkylation sites (tertiary alicyclic amines) is 1. The second kappa shape index (κ2) is 8.28. The zero-order valence-electron chi connectivity index (χ0n) is 13.1. The highest BCUT2D eigenvalue weighted by Crippen LogP contribution is 2.22. The molecule has 0 bridgehead atoms. The van der Waals surface area contributed by atoms with Gasteiger partial charge in [0.2, 0.25) is 0 Å². The van der Waals surface area contributed by atoms with Crippen LogP contribution >= 0.6 is 15.9 Å². The molecular formula is C17H27BrN2O. The van der Waals surface area contributed by atoms with Gasteiger partial charge in [-0.25, -0.2) is 0 Å². The lowest BCUT2D eigenvalue weighted by molar-refractivity contribution is 0.0337. The van der Waals surface area contributed by atoms with E-state index in [2.05, 4.69) is 64.3 Å². The summed E-state index contributed by atoms with van der Waals surface area (Å²) in [6.45, 7) is 8.41. The number of rotatable bonds is 6. The molecule has 2 N–H and O–H groups in total. The Hall–Kier alpha value is -0.420. The fraction of sp³-hybridized carbons (Fsp3) is 0.647. The van der Waals surface area contributed by atoms with E-state index in [4.69, 9.17) is 0 Å². The van der Waals surface area contributed by atoms with E-state index < -0.39 is 0 Å². The van der Waals surface area contributed by atoms with E-state index in [9.17, 15) is 5.11 Å². The van der Waals surface area contributed by atoms with E-state index in [0.717, 1.165) is 43.5 Å². The van der Waals surface area contributed by atoms with Gasteiger partial charge < -0.3 is 15.3 Å². The lowest BCUT2D eigenvalue weighted by atomic mass is 9.96. The molecule has 3 unspecified atom stereocenters. The SMILES string of the molecule is CCNC(CCN1CCC(O)C(C)C1)c1ccc(Br)cc1. The molecule has 0 radical (unpaired) electrons. The van der Waals surface area contributed by atoms with Crippen LogP contribution in [-0.2, 0) is 0 Å². The van der Waals surface area contributed by atoms with Gasteiger partial charge in [0.1, 0.15) is 0 Å². The predicted octanol–water partition coefficient (Wildman–Crippen LogP) is 3.19. The van der Waals surface area contributed by atoms with Crippen molar-refractivity contribution in [3.8, 4) is 0 Å². The van der Waals surface area contributed by atoms with Crippen molar-refractivity contribution < 1.29 is 5.11 Å². The van der Waals surface area contributed by atoms with Crippen LogP contribution < -0.4 is 5.32 Å². The molecule has 1 aromatic carbocycles. The van der Waals surface area contributed by atoms with Gasteiger partial charge in [0, 0.05) is 23.6 Å². The molecule has 1 aliphatic rings. The molecule has 21 heavy (non-hydrogen) atoms. The van der Waals surface area contributed by atoms with Crippen LogP contribution in [0.3, 0.4) is 0 Å². The summed E-state index contributed by atoms with van der Waals surface area (Å²) < 4.78 is 1.13. The van der Waals surface area contributed by atoms with E-state index in [1.165, 1.54) is 5.56 Å². The number of benzene rings is 1. The van der Waals surface area contributed by atoms with Gasteiger partial charge in [-0.05, 0) is 49.5 Å². The standard InChI is InChI=1S/C17H27BrN2O/c1-3-19-16(14-4-6-15(18)7-5-14)8-10-20-11-9-17(21)13(2)12-20/h4-7,13,16-17,19,21H,3,8-12H2,1-2H3. The molecule has 118 valence electrons. The number of nitrogens with zero attached hydrogens (tertiary/aromatic N) is 1. The van der Waals surface area contributed by atoms with Gasteiger partial charge in [-0.1, -0.05) is 41.9 Å². The van der Waals surface area contributed by atoms with Crippen LogP contribution in [0.5, 0.6) is 0 Å². The van der Waals surface area contributed by atoms with Gasteiger partial charge in [-0.3, -0.25) is 0 Å². The molecule has 1 saturated heterocycles. The van der Waals surface area contributed by atoms with Crippen LogP contribution in [0.25, 0.3) is 0 Å². The van der Waals surface area contributed by atoms with Crippen molar-refractivity contribution in [3.05, 3.63) is 34.3 Å². The van der Waals surface area contributed by atoms with Crippen LogP contribution in [0.4, 0.5) is 0 Å². The van der Waals surface area contributed by atoms with Crippen LogP contribution in [0, 0.1) is 5.92 Å². The minimum Gasteiger partial charge on any atom is -0.393 e. The smallest absolute Gasteiger partial charge is 0.0590 e. The molecule has 3 atom stereocenters. The summed E-state index contributed by atoms with van der Waals surface area (Å²) in [7, 11) is 0. The first-order valence-corrected chi connectivity index (χ1v) is 8.78. The molecule has 2 rings (SSSR count). The van der Waals surface area contributed by atoms with Gasteiger partial charge in [0.15, 0.2) is 0 Å². The Bertz CT molecular complexity index is 423. The van der Waals surface area contributed by atoms with Gasteiger partial charge in [0.25, 0.3) is 0 Å². The summed E-state index contributed by atoms with van der Waals surface area (Å²) in [6, 6.07) is 9.02. The second-order valence-electron chi connectivity index (χ2n) is 6.08. The zero-order valence-corrected chi connectivity index (χ0v) is 14.6. The summed E-state index contributed by atoms with van der Waals surface area (Å²) in [5.74, 6) is 0.393. The first kappa shape index (κ1) is 16.9. The molecule has 0 aliphatic carbocycles. The maximum Gasteiger partial charge on any atom is 0.0590 e. The molecule has 0 spiro atoms. The van der Waals surface area contributed by atoms with Crippen LogP contribution in [0.2, 0.25) is 0 Å². The number of nitrogens with one attached hydrogen (secondary N) is 1. The molecule has 1 aliphatic heterocycles. The molecule has 1 aromatic rings. The summed E-state index contributed by atoms with van der Waals surface area (Å²) in [5, 5.41) is 13.4. The van der Waals surface area contributed by atoms with E-state index in [0.29, 0.717) is 12.0 Å². The van der Waals surface area contributed by atoms with Crippen molar-refractivity contribution in [1.82, 2.24) is 10.2 Å². The first-order valence-electron chi connectivity index (χ1n) is 7.99. The topological polar surface area (TPSA) is 35.5 Å². The van der Waals surface area contributed by atoms with Gasteiger partial charge in [-0.15, -0.1) is 0 Å². The molecular weight excluding hydrogens is 328 g/mol. The average Bonchev–Trinajstić information content (AvgIpc) is 2.48. The third kappa shape index (κ3) is 5.06. The molecule has 0 amide bonds. The average molecular weight is 355 g/mol. The fourth-order valence-corrected chi connectivity index (χ4v) is 3.33. The second-order valence-corrected chi connectivity index (χ2v) is 7.00. The maximum absolute atomic E-state index is 9.82. The number of aliphatic hydroxyl groups excluding tert-OH is 1. The molecule has 4 heteroatoms. The van der Waals surface area contributed by atoms with Crippen LogP contribution in [0.15, 0.2) is 28.7 Å². The Morgan fingerprint density at radius 2 is 2.10 bits per heavy atom. The lowest BCUT2D eigenvalue weighted by Gasteiger charge is -2.35. The maximum atomic E-state index is 9.82. The van der Waals surface area contributed by atoms with Gasteiger partial charge in [0.05, 0.1) is 6.10 Å². The van der Waals surface area contributed by atoms with Crippen molar-refractivity contribution in [2.24, 2.45) is 5.92 Å². The quantitative estimate of drug-likeness (QED) is 0.823. The van der Waals surface area contributed by atoms with Crippen molar-refractivity contribution >= 4 is 15.9 Å². The van der Waals surface area contributed by atoms with Crippen molar-refractivity contribution in [2.75, 3.05) is 26.2 Å². The van der Waals surface area contributed by atoms with Gasteiger partial charge >= 0.3 is 0 Å². The van der Waals surface area contributed by atoms with Crippen molar-refractivity contribution in [2.45, 2.75) is 38.8 Å². The highest BCUT2D eigenvalue weighted by Gasteiger charge is 2.24. The Labute approximate surface area is 136 Å². The number of aliphatic hydroxyl groups is 1. The number of piperidine rings is 1. The van der Waals surface area contributed by atoms with Gasteiger partial charge in [-0.2, -0.15) is 0 Å². The minimum absolute atomic E-state index is 0.114. The Balaban J connectivity index is 1.89. The third-order valence-electron chi connectivity index (χ3n) is 4.40. The Kier molecular flexibility index (Phi) is 6.68. The number of halogens is 1. The van der Waals surface area contributed by atoms with E-state index in [1.807, 2.05) is 0 Å². The lowest BCUT2D eigenvalue weighted by Crippen LogP contribution is -2.43. The largest absolute Gasteiger partial charge is 0.393 e. The highest BCUT2D eigenvalue weighted by molar-refractivity contribution is 9.10. The predicted molar refractivity (Wildman–Crippen MR) is 91.4 cm³/mol. The first-order chi connectivity index (χ1) is 10.1. The molecule has 1 heterocycles. The number of hydrogen-bond acceptors (Lipinski definition) is 3. The minimum atomic E-state index is -0.114. The molecule has 1 fully saturated rings. The summed E-state index contributed by atoms with van der Waals surface area (Å²) in [5.41, 5.74) is 1.35. The highest BCUT2D eigenvalue weighted by atomic mass is 79.9. The molecule has 0 saturated carbocycles. The Morgan fingerprint density at radius 3 is 2.71 bits per heavy atom. The van der Waals surface area contributed by atoms with E-state index in [1.54, 1.807) is 0 Å². The molecule has 3 nitrogen and oxygen atoms in total. The fourth-order valence-electron chi connectivity index (χ4n) is 3.06. The normalized spacial score (nSPS) is 25.0. The summed E-state index contributed by atoms with van der Waals surface area (Å²) >= 11 is 3.49. The number of hydrogen-bond donors (Lipinski definition) is 2. The monoisotopic (exact) mass is 354 g/mol.